The number of hydrogen-bond acceptors (Lipinski definition) is 3. The van der Waals surface area contributed by atoms with Gasteiger partial charge in [0.1, 0.15) is 12.4 Å². The maximum absolute atomic E-state index is 8.95. The number of likely N-dealkylation sites (N-methyl/N-ethyl adjacent to an activating group) is 1. The summed E-state index contributed by atoms with van der Waals surface area (Å²) in [5, 5.41) is 12.1. The van der Waals surface area contributed by atoms with Crippen LogP contribution in [0.4, 0.5) is 0 Å². The average Bonchev–Trinajstić information content (AvgIpc) is 2.34. The predicted molar refractivity (Wildman–Crippen MR) is 79.9 cm³/mol. The van der Waals surface area contributed by atoms with Crippen LogP contribution in [0, 0.1) is 6.92 Å². The van der Waals surface area contributed by atoms with E-state index in [1.165, 1.54) is 5.56 Å². The molecule has 2 N–H and O–H groups in total. The SMILES string of the molecule is CNC(CCO)COc1ccc(C(C)(C)C)cc1C. The van der Waals surface area contributed by atoms with Gasteiger partial charge in [-0.1, -0.05) is 32.9 Å². The number of nitrogens with one attached hydrogen (secondary N) is 1. The van der Waals surface area contributed by atoms with Crippen LogP contribution < -0.4 is 10.1 Å². The minimum atomic E-state index is 0.160. The zero-order valence-corrected chi connectivity index (χ0v) is 12.8. The molecule has 3 nitrogen and oxygen atoms in total. The normalized spacial score (nSPS) is 13.4. The van der Waals surface area contributed by atoms with Crippen molar-refractivity contribution < 1.29 is 9.84 Å². The number of aryl methyl sites for hydroxylation is 1. The first kappa shape index (κ1) is 16.0. The lowest BCUT2D eigenvalue weighted by atomic mass is 9.86. The molecule has 0 saturated carbocycles. The van der Waals surface area contributed by atoms with Crippen LogP contribution in [-0.2, 0) is 5.41 Å². The van der Waals surface area contributed by atoms with E-state index in [1.807, 2.05) is 13.1 Å². The molecule has 0 radical (unpaired) electrons. The lowest BCUT2D eigenvalue weighted by Gasteiger charge is -2.21. The molecular formula is C16H27NO2. The van der Waals surface area contributed by atoms with Crippen molar-refractivity contribution in [2.75, 3.05) is 20.3 Å². The number of benzene rings is 1. The quantitative estimate of drug-likeness (QED) is 0.831. The van der Waals surface area contributed by atoms with E-state index in [0.29, 0.717) is 13.0 Å². The molecule has 19 heavy (non-hydrogen) atoms. The van der Waals surface area contributed by atoms with Crippen molar-refractivity contribution in [3.63, 3.8) is 0 Å². The van der Waals surface area contributed by atoms with E-state index in [-0.39, 0.29) is 18.1 Å². The largest absolute Gasteiger partial charge is 0.492 e. The van der Waals surface area contributed by atoms with Crippen LogP contribution in [0.15, 0.2) is 18.2 Å². The summed E-state index contributed by atoms with van der Waals surface area (Å²) in [7, 11) is 1.89. The fourth-order valence-electron chi connectivity index (χ4n) is 1.94. The van der Waals surface area contributed by atoms with Gasteiger partial charge in [-0.3, -0.25) is 0 Å². The highest BCUT2D eigenvalue weighted by Gasteiger charge is 2.15. The molecule has 0 aliphatic heterocycles. The van der Waals surface area contributed by atoms with E-state index in [4.69, 9.17) is 9.84 Å². The predicted octanol–water partition coefficient (Wildman–Crippen LogP) is 2.64. The first-order valence-corrected chi connectivity index (χ1v) is 6.90. The Morgan fingerprint density at radius 1 is 1.32 bits per heavy atom. The molecule has 1 aromatic rings. The Hall–Kier alpha value is -1.06. The Bertz CT molecular complexity index is 396. The maximum atomic E-state index is 8.95. The summed E-state index contributed by atoms with van der Waals surface area (Å²) in [6.07, 6.45) is 0.704. The lowest BCUT2D eigenvalue weighted by molar-refractivity contribution is 0.218. The van der Waals surface area contributed by atoms with Gasteiger partial charge in [0.25, 0.3) is 0 Å². The lowest BCUT2D eigenvalue weighted by Crippen LogP contribution is -2.32. The Labute approximate surface area is 117 Å². The summed E-state index contributed by atoms with van der Waals surface area (Å²) in [4.78, 5) is 0. The highest BCUT2D eigenvalue weighted by molar-refractivity contribution is 5.38. The molecule has 1 rings (SSSR count). The van der Waals surface area contributed by atoms with Gasteiger partial charge in [0.2, 0.25) is 0 Å². The first-order chi connectivity index (χ1) is 8.88. The summed E-state index contributed by atoms with van der Waals surface area (Å²) >= 11 is 0. The molecule has 1 unspecified atom stereocenters. The van der Waals surface area contributed by atoms with Crippen LogP contribution in [-0.4, -0.2) is 31.4 Å². The van der Waals surface area contributed by atoms with Crippen LogP contribution in [0.2, 0.25) is 0 Å². The molecule has 1 atom stereocenters. The van der Waals surface area contributed by atoms with E-state index >= 15 is 0 Å². The van der Waals surface area contributed by atoms with E-state index in [0.717, 1.165) is 11.3 Å². The Balaban J connectivity index is 2.70. The Kier molecular flexibility index (Phi) is 5.83. The maximum Gasteiger partial charge on any atom is 0.122 e. The van der Waals surface area contributed by atoms with Crippen molar-refractivity contribution in [2.45, 2.75) is 45.6 Å². The topological polar surface area (TPSA) is 41.5 Å². The molecule has 0 aliphatic rings. The summed E-state index contributed by atoms with van der Waals surface area (Å²) < 4.78 is 5.84. The molecule has 0 bridgehead atoms. The van der Waals surface area contributed by atoms with Crippen LogP contribution in [0.3, 0.4) is 0 Å². The third-order valence-corrected chi connectivity index (χ3v) is 3.37. The second-order valence-electron chi connectivity index (χ2n) is 6.04. The average molecular weight is 265 g/mol. The fraction of sp³-hybridized carbons (Fsp3) is 0.625. The second kappa shape index (κ2) is 6.92. The molecule has 0 spiro atoms. The van der Waals surface area contributed by atoms with E-state index in [9.17, 15) is 0 Å². The number of hydrogen-bond donors (Lipinski definition) is 2. The third-order valence-electron chi connectivity index (χ3n) is 3.37. The zero-order chi connectivity index (χ0) is 14.5. The molecule has 3 heteroatoms. The molecule has 0 aliphatic carbocycles. The van der Waals surface area contributed by atoms with Gasteiger partial charge in [0, 0.05) is 12.6 Å². The van der Waals surface area contributed by atoms with E-state index in [1.54, 1.807) is 0 Å². The van der Waals surface area contributed by atoms with Gasteiger partial charge in [0.15, 0.2) is 0 Å². The van der Waals surface area contributed by atoms with Gasteiger partial charge in [-0.25, -0.2) is 0 Å². The Morgan fingerprint density at radius 3 is 2.47 bits per heavy atom. The van der Waals surface area contributed by atoms with Crippen LogP contribution in [0.25, 0.3) is 0 Å². The van der Waals surface area contributed by atoms with Gasteiger partial charge in [0.05, 0.1) is 0 Å². The minimum absolute atomic E-state index is 0.160. The highest BCUT2D eigenvalue weighted by atomic mass is 16.5. The van der Waals surface area contributed by atoms with E-state index in [2.05, 4.69) is 45.1 Å². The molecule has 0 saturated heterocycles. The fourth-order valence-corrected chi connectivity index (χ4v) is 1.94. The van der Waals surface area contributed by atoms with Crippen molar-refractivity contribution in [3.05, 3.63) is 29.3 Å². The summed E-state index contributed by atoms with van der Waals surface area (Å²) in [5.41, 5.74) is 2.64. The van der Waals surface area contributed by atoms with Gasteiger partial charge >= 0.3 is 0 Å². The van der Waals surface area contributed by atoms with Crippen molar-refractivity contribution in [1.82, 2.24) is 5.32 Å². The van der Waals surface area contributed by atoms with Gasteiger partial charge in [-0.2, -0.15) is 0 Å². The van der Waals surface area contributed by atoms with Crippen LogP contribution in [0.5, 0.6) is 5.75 Å². The van der Waals surface area contributed by atoms with Crippen molar-refractivity contribution in [2.24, 2.45) is 0 Å². The van der Waals surface area contributed by atoms with Gasteiger partial charge in [-0.05, 0) is 43.0 Å². The monoisotopic (exact) mass is 265 g/mol. The third kappa shape index (κ3) is 4.84. The number of aliphatic hydroxyl groups is 1. The van der Waals surface area contributed by atoms with Crippen LogP contribution >= 0.6 is 0 Å². The van der Waals surface area contributed by atoms with Crippen LogP contribution in [0.1, 0.15) is 38.3 Å². The van der Waals surface area contributed by atoms with Gasteiger partial charge < -0.3 is 15.2 Å². The molecular weight excluding hydrogens is 238 g/mol. The first-order valence-electron chi connectivity index (χ1n) is 6.90. The second-order valence-corrected chi connectivity index (χ2v) is 6.04. The molecule has 0 amide bonds. The van der Waals surface area contributed by atoms with Crippen molar-refractivity contribution in [3.8, 4) is 5.75 Å². The molecule has 1 aromatic carbocycles. The summed E-state index contributed by atoms with van der Waals surface area (Å²) in [6.45, 7) is 9.45. The van der Waals surface area contributed by atoms with E-state index < -0.39 is 0 Å². The number of ether oxygens (including phenoxy) is 1. The number of rotatable bonds is 6. The number of aliphatic hydroxyl groups excluding tert-OH is 1. The van der Waals surface area contributed by atoms with Gasteiger partial charge in [-0.15, -0.1) is 0 Å². The molecule has 0 heterocycles. The molecule has 0 aromatic heterocycles. The standard InChI is InChI=1S/C16H27NO2/c1-12-10-13(16(2,3)4)6-7-15(12)19-11-14(17-5)8-9-18/h6-7,10,14,17-18H,8-9,11H2,1-5H3. The summed E-state index contributed by atoms with van der Waals surface area (Å²) in [6, 6.07) is 6.55. The Morgan fingerprint density at radius 2 is 2.00 bits per heavy atom. The highest BCUT2D eigenvalue weighted by Crippen LogP contribution is 2.27. The molecule has 0 fully saturated rings. The smallest absolute Gasteiger partial charge is 0.122 e. The van der Waals surface area contributed by atoms with Crippen molar-refractivity contribution in [1.29, 1.82) is 0 Å². The zero-order valence-electron chi connectivity index (χ0n) is 12.8. The minimum Gasteiger partial charge on any atom is -0.492 e. The van der Waals surface area contributed by atoms with Crippen molar-refractivity contribution >= 4 is 0 Å². The molecule has 108 valence electrons. The summed E-state index contributed by atoms with van der Waals surface area (Å²) in [5.74, 6) is 0.922.